The number of hydrogen-bond acceptors (Lipinski definition) is 3. The minimum atomic E-state index is -1.08. The van der Waals surface area contributed by atoms with E-state index < -0.39 is 17.9 Å². The van der Waals surface area contributed by atoms with Crippen LogP contribution in [-0.2, 0) is 24.2 Å². The van der Waals surface area contributed by atoms with Gasteiger partial charge in [-0.15, -0.1) is 0 Å². The predicted molar refractivity (Wildman–Crippen MR) is 141 cm³/mol. The number of fused-ring (bicyclic) bond motifs is 3. The first-order valence-corrected chi connectivity index (χ1v) is 12.1. The molecule has 1 amide bonds. The molecule has 2 N–H and O–H groups in total. The van der Waals surface area contributed by atoms with Crippen LogP contribution >= 0.6 is 0 Å². The zero-order valence-corrected chi connectivity index (χ0v) is 19.8. The van der Waals surface area contributed by atoms with Gasteiger partial charge in [0, 0.05) is 29.3 Å². The van der Waals surface area contributed by atoms with Gasteiger partial charge in [-0.1, -0.05) is 78.9 Å². The van der Waals surface area contributed by atoms with Crippen molar-refractivity contribution in [2.75, 3.05) is 0 Å². The number of carboxylic acid groups (broad SMARTS) is 1. The van der Waals surface area contributed by atoms with E-state index in [-0.39, 0.29) is 12.1 Å². The highest BCUT2D eigenvalue weighted by molar-refractivity contribution is 6.10. The van der Waals surface area contributed by atoms with Crippen LogP contribution in [0.5, 0.6) is 0 Å². The Morgan fingerprint density at radius 2 is 1.50 bits per heavy atom. The molecule has 5 aromatic rings. The third-order valence-corrected chi connectivity index (χ3v) is 6.47. The van der Waals surface area contributed by atoms with Crippen molar-refractivity contribution >= 4 is 33.7 Å². The Balaban J connectivity index is 1.40. The molecule has 5 rings (SSSR count). The number of nitrogens with zero attached hydrogens (tertiary/aromatic N) is 2. The van der Waals surface area contributed by atoms with E-state index in [1.807, 2.05) is 54.6 Å². The van der Waals surface area contributed by atoms with E-state index in [1.54, 1.807) is 12.3 Å². The van der Waals surface area contributed by atoms with Gasteiger partial charge in [0.2, 0.25) is 0 Å². The van der Waals surface area contributed by atoms with Gasteiger partial charge in [-0.25, -0.2) is 9.78 Å². The molecule has 0 bridgehead atoms. The van der Waals surface area contributed by atoms with Crippen LogP contribution in [0.4, 0.5) is 0 Å². The fraction of sp³-hybridized carbons (Fsp3) is 0.167. The maximum absolute atomic E-state index is 13.0. The first kappa shape index (κ1) is 23.3. The lowest BCUT2D eigenvalue weighted by molar-refractivity contribution is -0.139. The number of benzene rings is 3. The summed E-state index contributed by atoms with van der Waals surface area (Å²) in [5.41, 5.74) is 4.40. The van der Waals surface area contributed by atoms with Crippen molar-refractivity contribution in [2.24, 2.45) is 0 Å². The molecule has 2 heterocycles. The molecule has 0 fully saturated rings. The lowest BCUT2D eigenvalue weighted by atomic mass is 10.1. The molecule has 0 aliphatic heterocycles. The molecule has 0 saturated heterocycles. The number of pyridine rings is 1. The zero-order chi connectivity index (χ0) is 24.9. The highest BCUT2D eigenvalue weighted by Crippen LogP contribution is 2.29. The summed E-state index contributed by atoms with van der Waals surface area (Å²) in [6.07, 6.45) is 3.87. The van der Waals surface area contributed by atoms with E-state index >= 15 is 0 Å². The third-order valence-electron chi connectivity index (χ3n) is 6.47. The molecule has 36 heavy (non-hydrogen) atoms. The van der Waals surface area contributed by atoms with E-state index in [9.17, 15) is 14.7 Å². The Morgan fingerprint density at radius 1 is 0.833 bits per heavy atom. The van der Waals surface area contributed by atoms with Gasteiger partial charge in [0.25, 0.3) is 5.91 Å². The summed E-state index contributed by atoms with van der Waals surface area (Å²) in [5.74, 6) is -1.58. The number of nitrogens with one attached hydrogen (secondary N) is 1. The number of carbonyl (C=O) groups is 2. The maximum atomic E-state index is 13.0. The van der Waals surface area contributed by atoms with E-state index in [0.717, 1.165) is 46.8 Å². The summed E-state index contributed by atoms with van der Waals surface area (Å²) < 4.78 is 2.25. The van der Waals surface area contributed by atoms with E-state index in [4.69, 9.17) is 0 Å². The highest BCUT2D eigenvalue weighted by Gasteiger charge is 2.22. The molecule has 3 aromatic carbocycles. The summed E-state index contributed by atoms with van der Waals surface area (Å²) in [6, 6.07) is 28.5. The van der Waals surface area contributed by atoms with Crippen molar-refractivity contribution in [3.05, 3.63) is 114 Å². The number of carboxylic acids is 1. The summed E-state index contributed by atoms with van der Waals surface area (Å²) in [7, 11) is 0. The normalized spacial score (nSPS) is 12.0. The standard InChI is InChI=1S/C30H27N3O3/c34-29(32-26(30(35)36)18-22-12-5-2-6-13-22)25-19-24-23-15-7-8-16-27(23)33(28(24)20-31-25)17-9-14-21-10-3-1-4-11-21/h1-8,10-13,15-16,19-20,26H,9,14,17-18H2,(H,32,34)(H,35,36)/t26-/m0/s1. The molecule has 0 saturated carbocycles. The van der Waals surface area contributed by atoms with Crippen LogP contribution in [0.2, 0.25) is 0 Å². The molecule has 1 atom stereocenters. The molecule has 180 valence electrons. The second kappa shape index (κ2) is 10.4. The Morgan fingerprint density at radius 3 is 2.22 bits per heavy atom. The monoisotopic (exact) mass is 477 g/mol. The lowest BCUT2D eigenvalue weighted by Gasteiger charge is -2.14. The van der Waals surface area contributed by atoms with Crippen LogP contribution in [0.15, 0.2) is 97.2 Å². The van der Waals surface area contributed by atoms with Crippen molar-refractivity contribution in [3.8, 4) is 0 Å². The van der Waals surface area contributed by atoms with Gasteiger partial charge in [-0.2, -0.15) is 0 Å². The molecule has 0 unspecified atom stereocenters. The van der Waals surface area contributed by atoms with Gasteiger partial charge >= 0.3 is 5.97 Å². The second-order valence-corrected chi connectivity index (χ2v) is 8.90. The molecule has 0 aliphatic carbocycles. The fourth-order valence-electron chi connectivity index (χ4n) is 4.68. The Kier molecular flexibility index (Phi) is 6.76. The first-order chi connectivity index (χ1) is 17.6. The summed E-state index contributed by atoms with van der Waals surface area (Å²) >= 11 is 0. The highest BCUT2D eigenvalue weighted by atomic mass is 16.4. The lowest BCUT2D eigenvalue weighted by Crippen LogP contribution is -2.42. The van der Waals surface area contributed by atoms with Crippen LogP contribution in [0.3, 0.4) is 0 Å². The van der Waals surface area contributed by atoms with Crippen LogP contribution in [0.25, 0.3) is 21.8 Å². The number of amides is 1. The Hall–Kier alpha value is -4.45. The number of hydrogen-bond donors (Lipinski definition) is 2. The molecular weight excluding hydrogens is 450 g/mol. The molecule has 6 heteroatoms. The average Bonchev–Trinajstić information content (AvgIpc) is 3.22. The largest absolute Gasteiger partial charge is 0.480 e. The van der Waals surface area contributed by atoms with Gasteiger partial charge in [0.05, 0.1) is 11.7 Å². The van der Waals surface area contributed by atoms with E-state index in [2.05, 4.69) is 45.2 Å². The van der Waals surface area contributed by atoms with Gasteiger partial charge in [-0.05, 0) is 36.1 Å². The van der Waals surface area contributed by atoms with Crippen molar-refractivity contribution < 1.29 is 14.7 Å². The minimum absolute atomic E-state index is 0.199. The Labute approximate surface area is 209 Å². The zero-order valence-electron chi connectivity index (χ0n) is 19.8. The summed E-state index contributed by atoms with van der Waals surface area (Å²) in [4.78, 5) is 29.3. The van der Waals surface area contributed by atoms with Gasteiger partial charge in [-0.3, -0.25) is 4.79 Å². The quantitative estimate of drug-likeness (QED) is 0.304. The minimum Gasteiger partial charge on any atom is -0.480 e. The van der Waals surface area contributed by atoms with Gasteiger partial charge in [0.15, 0.2) is 0 Å². The predicted octanol–water partition coefficient (Wildman–Crippen LogP) is 5.25. The van der Waals surface area contributed by atoms with Crippen LogP contribution < -0.4 is 5.32 Å². The van der Waals surface area contributed by atoms with Crippen LogP contribution in [0.1, 0.15) is 28.0 Å². The van der Waals surface area contributed by atoms with Crippen molar-refractivity contribution in [1.29, 1.82) is 0 Å². The number of carbonyl (C=O) groups excluding carboxylic acids is 1. The van der Waals surface area contributed by atoms with Crippen molar-refractivity contribution in [2.45, 2.75) is 31.8 Å². The SMILES string of the molecule is O=C(N[C@@H](Cc1ccccc1)C(=O)O)c1cc2c3ccccc3n(CCCc3ccccc3)c2cn1. The van der Waals surface area contributed by atoms with Gasteiger partial charge < -0.3 is 15.0 Å². The number of rotatable bonds is 9. The van der Waals surface area contributed by atoms with Gasteiger partial charge in [0.1, 0.15) is 11.7 Å². The molecule has 2 aromatic heterocycles. The summed E-state index contributed by atoms with van der Waals surface area (Å²) in [6.45, 7) is 0.824. The Bertz CT molecular complexity index is 1510. The molecule has 0 aliphatic rings. The molecule has 6 nitrogen and oxygen atoms in total. The molecular formula is C30H27N3O3. The van der Waals surface area contributed by atoms with Crippen LogP contribution in [-0.4, -0.2) is 32.6 Å². The maximum Gasteiger partial charge on any atom is 0.326 e. The smallest absolute Gasteiger partial charge is 0.326 e. The summed E-state index contributed by atoms with van der Waals surface area (Å²) in [5, 5.41) is 14.3. The number of para-hydroxylation sites is 1. The van der Waals surface area contributed by atoms with Crippen LogP contribution in [0, 0.1) is 0 Å². The number of aryl methyl sites for hydroxylation is 2. The average molecular weight is 478 g/mol. The number of aromatic nitrogens is 2. The third kappa shape index (κ3) is 4.98. The van der Waals surface area contributed by atoms with E-state index in [0.29, 0.717) is 0 Å². The van der Waals surface area contributed by atoms with E-state index in [1.165, 1.54) is 5.56 Å². The first-order valence-electron chi connectivity index (χ1n) is 12.1. The topological polar surface area (TPSA) is 84.2 Å². The molecule has 0 spiro atoms. The molecule has 0 radical (unpaired) electrons. The van der Waals surface area contributed by atoms with Crippen molar-refractivity contribution in [3.63, 3.8) is 0 Å². The fourth-order valence-corrected chi connectivity index (χ4v) is 4.68. The number of aliphatic carboxylic acids is 1. The van der Waals surface area contributed by atoms with Crippen molar-refractivity contribution in [1.82, 2.24) is 14.9 Å². The second-order valence-electron chi connectivity index (χ2n) is 8.90.